The van der Waals surface area contributed by atoms with Crippen LogP contribution in [0.3, 0.4) is 0 Å². The van der Waals surface area contributed by atoms with Crippen LogP contribution in [0.5, 0.6) is 5.75 Å². The molecule has 1 aromatic carbocycles. The Morgan fingerprint density at radius 3 is 2.58 bits per heavy atom. The molecule has 102 valence electrons. The molecule has 0 aliphatic rings. The van der Waals surface area contributed by atoms with Crippen LogP contribution in [0.25, 0.3) is 11.1 Å². The fraction of sp³-hybridized carbons (Fsp3) is 0.400. The molecule has 1 N–H and O–H groups in total. The number of rotatable bonds is 4. The SMILES string of the molecule is CNCc1cc(OC)ccc1-c1c(C)nn(C)c1C. The second kappa shape index (κ2) is 5.45. The first-order valence-electron chi connectivity index (χ1n) is 6.40. The Morgan fingerprint density at radius 2 is 2.05 bits per heavy atom. The van der Waals surface area contributed by atoms with Gasteiger partial charge in [-0.05, 0) is 44.2 Å². The summed E-state index contributed by atoms with van der Waals surface area (Å²) in [4.78, 5) is 0. The van der Waals surface area contributed by atoms with E-state index in [9.17, 15) is 0 Å². The van der Waals surface area contributed by atoms with Gasteiger partial charge in [-0.25, -0.2) is 0 Å². The highest BCUT2D eigenvalue weighted by molar-refractivity contribution is 5.72. The number of benzene rings is 1. The van der Waals surface area contributed by atoms with Crippen molar-refractivity contribution in [3.05, 3.63) is 35.2 Å². The van der Waals surface area contributed by atoms with Crippen LogP contribution in [0.2, 0.25) is 0 Å². The van der Waals surface area contributed by atoms with Gasteiger partial charge < -0.3 is 10.1 Å². The first-order valence-corrected chi connectivity index (χ1v) is 6.40. The second-order valence-corrected chi connectivity index (χ2v) is 4.72. The Labute approximate surface area is 114 Å². The highest BCUT2D eigenvalue weighted by atomic mass is 16.5. The first-order chi connectivity index (χ1) is 9.08. The van der Waals surface area contributed by atoms with Gasteiger partial charge >= 0.3 is 0 Å². The lowest BCUT2D eigenvalue weighted by Crippen LogP contribution is -2.07. The Kier molecular flexibility index (Phi) is 3.90. The summed E-state index contributed by atoms with van der Waals surface area (Å²) in [7, 11) is 5.62. The molecule has 0 spiro atoms. The first kappa shape index (κ1) is 13.6. The molecular formula is C15H21N3O. The molecule has 4 nitrogen and oxygen atoms in total. The van der Waals surface area contributed by atoms with Gasteiger partial charge in [-0.3, -0.25) is 4.68 Å². The summed E-state index contributed by atoms with van der Waals surface area (Å²) in [5, 5.41) is 7.70. The molecule has 0 saturated heterocycles. The van der Waals surface area contributed by atoms with Crippen LogP contribution in [-0.2, 0) is 13.6 Å². The average Bonchev–Trinajstić information content (AvgIpc) is 2.64. The summed E-state index contributed by atoms with van der Waals surface area (Å²) in [6, 6.07) is 6.20. The number of aryl methyl sites for hydroxylation is 2. The third-order valence-corrected chi connectivity index (χ3v) is 3.46. The van der Waals surface area contributed by atoms with Crippen molar-refractivity contribution in [1.82, 2.24) is 15.1 Å². The van der Waals surface area contributed by atoms with E-state index in [1.165, 1.54) is 22.4 Å². The molecular weight excluding hydrogens is 238 g/mol. The third kappa shape index (κ3) is 2.49. The second-order valence-electron chi connectivity index (χ2n) is 4.72. The lowest BCUT2D eigenvalue weighted by atomic mass is 9.97. The number of nitrogens with zero attached hydrogens (tertiary/aromatic N) is 2. The van der Waals surface area contributed by atoms with Gasteiger partial charge in [0.25, 0.3) is 0 Å². The van der Waals surface area contributed by atoms with Crippen LogP contribution < -0.4 is 10.1 Å². The predicted molar refractivity (Wildman–Crippen MR) is 77.4 cm³/mol. The van der Waals surface area contributed by atoms with Crippen molar-refractivity contribution < 1.29 is 4.74 Å². The highest BCUT2D eigenvalue weighted by Gasteiger charge is 2.15. The smallest absolute Gasteiger partial charge is 0.119 e. The predicted octanol–water partition coefficient (Wildman–Crippen LogP) is 2.43. The minimum Gasteiger partial charge on any atom is -0.497 e. The number of hydrogen-bond donors (Lipinski definition) is 1. The van der Waals surface area contributed by atoms with E-state index in [1.54, 1.807) is 7.11 Å². The summed E-state index contributed by atoms with van der Waals surface area (Å²) in [6.07, 6.45) is 0. The van der Waals surface area contributed by atoms with Crippen LogP contribution in [0.1, 0.15) is 17.0 Å². The van der Waals surface area contributed by atoms with E-state index in [1.807, 2.05) is 24.8 Å². The van der Waals surface area contributed by atoms with Gasteiger partial charge in [-0.1, -0.05) is 6.07 Å². The van der Waals surface area contributed by atoms with Gasteiger partial charge in [0.15, 0.2) is 0 Å². The van der Waals surface area contributed by atoms with Crippen molar-refractivity contribution in [2.75, 3.05) is 14.2 Å². The zero-order valence-electron chi connectivity index (χ0n) is 12.2. The van der Waals surface area contributed by atoms with Crippen LogP contribution in [0, 0.1) is 13.8 Å². The fourth-order valence-corrected chi connectivity index (χ4v) is 2.44. The van der Waals surface area contributed by atoms with Crippen molar-refractivity contribution >= 4 is 0 Å². The molecule has 0 aliphatic carbocycles. The molecule has 0 radical (unpaired) electrons. The number of aromatic nitrogens is 2. The number of nitrogens with one attached hydrogen (secondary N) is 1. The third-order valence-electron chi connectivity index (χ3n) is 3.46. The molecule has 4 heteroatoms. The summed E-state index contributed by atoms with van der Waals surface area (Å²) in [5.74, 6) is 0.883. The van der Waals surface area contributed by atoms with Crippen molar-refractivity contribution in [1.29, 1.82) is 0 Å². The Hall–Kier alpha value is -1.81. The normalized spacial score (nSPS) is 10.8. The molecule has 0 amide bonds. The monoisotopic (exact) mass is 259 g/mol. The Morgan fingerprint density at radius 1 is 1.32 bits per heavy atom. The van der Waals surface area contributed by atoms with Gasteiger partial charge in [-0.15, -0.1) is 0 Å². The van der Waals surface area contributed by atoms with Crippen LogP contribution in [0.15, 0.2) is 18.2 Å². The number of methoxy groups -OCH3 is 1. The van der Waals surface area contributed by atoms with E-state index in [-0.39, 0.29) is 0 Å². The van der Waals surface area contributed by atoms with Gasteiger partial charge in [0.2, 0.25) is 0 Å². The van der Waals surface area contributed by atoms with E-state index in [0.29, 0.717) is 0 Å². The summed E-state index contributed by atoms with van der Waals surface area (Å²) in [6.45, 7) is 4.96. The summed E-state index contributed by atoms with van der Waals surface area (Å²) >= 11 is 0. The quantitative estimate of drug-likeness (QED) is 0.916. The Balaban J connectivity index is 2.60. The molecule has 2 aromatic rings. The maximum absolute atomic E-state index is 5.31. The maximum Gasteiger partial charge on any atom is 0.119 e. The van der Waals surface area contributed by atoms with Crippen LogP contribution in [-0.4, -0.2) is 23.9 Å². The maximum atomic E-state index is 5.31. The summed E-state index contributed by atoms with van der Waals surface area (Å²) < 4.78 is 7.24. The molecule has 0 unspecified atom stereocenters. The number of hydrogen-bond acceptors (Lipinski definition) is 3. The molecule has 0 bridgehead atoms. The van der Waals surface area contributed by atoms with Crippen molar-refractivity contribution in [3.8, 4) is 16.9 Å². The van der Waals surface area contributed by atoms with Crippen molar-refractivity contribution in [3.63, 3.8) is 0 Å². The van der Waals surface area contributed by atoms with Crippen LogP contribution in [0.4, 0.5) is 0 Å². The van der Waals surface area contributed by atoms with E-state index in [4.69, 9.17) is 4.74 Å². The molecule has 2 rings (SSSR count). The lowest BCUT2D eigenvalue weighted by molar-refractivity contribution is 0.414. The van der Waals surface area contributed by atoms with E-state index >= 15 is 0 Å². The van der Waals surface area contributed by atoms with E-state index < -0.39 is 0 Å². The lowest BCUT2D eigenvalue weighted by Gasteiger charge is -2.12. The van der Waals surface area contributed by atoms with E-state index in [0.717, 1.165) is 18.0 Å². The molecule has 0 saturated carbocycles. The summed E-state index contributed by atoms with van der Waals surface area (Å²) in [5.41, 5.74) is 5.90. The van der Waals surface area contributed by atoms with Crippen molar-refractivity contribution in [2.24, 2.45) is 7.05 Å². The molecule has 0 atom stereocenters. The van der Waals surface area contributed by atoms with Gasteiger partial charge in [0.05, 0.1) is 12.8 Å². The fourth-order valence-electron chi connectivity index (χ4n) is 2.44. The van der Waals surface area contributed by atoms with Gasteiger partial charge in [0, 0.05) is 24.8 Å². The molecule has 19 heavy (non-hydrogen) atoms. The molecule has 1 aromatic heterocycles. The van der Waals surface area contributed by atoms with Gasteiger partial charge in [0.1, 0.15) is 5.75 Å². The molecule has 1 heterocycles. The minimum absolute atomic E-state index is 0.806. The standard InChI is InChI=1S/C15H21N3O/c1-10-15(11(2)18(4)17-10)14-7-6-13(19-5)8-12(14)9-16-3/h6-8,16H,9H2,1-5H3. The average molecular weight is 259 g/mol. The highest BCUT2D eigenvalue weighted by Crippen LogP contribution is 2.31. The number of ether oxygens (including phenoxy) is 1. The molecule has 0 aliphatic heterocycles. The zero-order chi connectivity index (χ0) is 14.0. The van der Waals surface area contributed by atoms with E-state index in [2.05, 4.69) is 36.4 Å². The topological polar surface area (TPSA) is 39.1 Å². The zero-order valence-corrected chi connectivity index (χ0v) is 12.2. The largest absolute Gasteiger partial charge is 0.497 e. The van der Waals surface area contributed by atoms with Crippen LogP contribution >= 0.6 is 0 Å². The Bertz CT molecular complexity index is 587. The van der Waals surface area contributed by atoms with Gasteiger partial charge in [-0.2, -0.15) is 5.10 Å². The molecule has 0 fully saturated rings. The van der Waals surface area contributed by atoms with Crippen molar-refractivity contribution in [2.45, 2.75) is 20.4 Å². The minimum atomic E-state index is 0.806.